The minimum Gasteiger partial charge on any atom is -0.352 e. The first-order valence-electron chi connectivity index (χ1n) is 5.36. The van der Waals surface area contributed by atoms with Gasteiger partial charge in [-0.3, -0.25) is 4.79 Å². The molecular weight excluding hydrogens is 190 g/mol. The number of hydrogen-bond donors (Lipinski definition) is 0. The zero-order valence-electron chi connectivity index (χ0n) is 8.64. The minimum absolute atomic E-state index is 0.125. The molecule has 15 heavy (non-hydrogen) atoms. The number of hydrogen-bond acceptors (Lipinski definition) is 2. The first kappa shape index (κ1) is 8.92. The molecule has 0 saturated carbocycles. The van der Waals surface area contributed by atoms with Crippen molar-refractivity contribution in [2.45, 2.75) is 25.6 Å². The second-order valence-corrected chi connectivity index (χ2v) is 4.05. The summed E-state index contributed by atoms with van der Waals surface area (Å²) in [5.41, 5.74) is 1.83. The van der Waals surface area contributed by atoms with E-state index in [1.165, 1.54) is 0 Å². The first-order valence-corrected chi connectivity index (χ1v) is 5.36. The van der Waals surface area contributed by atoms with Crippen LogP contribution in [0.25, 0.3) is 0 Å². The second kappa shape index (κ2) is 3.07. The van der Waals surface area contributed by atoms with Gasteiger partial charge in [0.15, 0.2) is 6.23 Å². The molecule has 1 saturated heterocycles. The average molecular weight is 203 g/mol. The maximum atomic E-state index is 12.1. The van der Waals surface area contributed by atoms with Gasteiger partial charge in [-0.05, 0) is 12.5 Å². The average Bonchev–Trinajstić information content (AvgIpc) is 2.81. The Morgan fingerprint density at radius 3 is 3.07 bits per heavy atom. The van der Waals surface area contributed by atoms with Gasteiger partial charge in [0.2, 0.25) is 0 Å². The number of ether oxygens (including phenoxy) is 1. The van der Waals surface area contributed by atoms with Gasteiger partial charge in [0.1, 0.15) is 0 Å². The second-order valence-electron chi connectivity index (χ2n) is 4.05. The van der Waals surface area contributed by atoms with Crippen LogP contribution >= 0.6 is 0 Å². The minimum atomic E-state index is -0.126. The predicted molar refractivity (Wildman–Crippen MR) is 55.4 cm³/mol. The quantitative estimate of drug-likeness (QED) is 0.698. The number of carbonyl (C=O) groups is 1. The molecule has 3 rings (SSSR count). The van der Waals surface area contributed by atoms with Gasteiger partial charge in [-0.2, -0.15) is 0 Å². The van der Waals surface area contributed by atoms with Gasteiger partial charge < -0.3 is 9.64 Å². The van der Waals surface area contributed by atoms with E-state index >= 15 is 0 Å². The Hall–Kier alpha value is -1.35. The summed E-state index contributed by atoms with van der Waals surface area (Å²) in [6, 6.07) is 7.97. The zero-order chi connectivity index (χ0) is 10.4. The van der Waals surface area contributed by atoms with Crippen LogP contribution in [0.1, 0.15) is 35.5 Å². The van der Waals surface area contributed by atoms with Crippen molar-refractivity contribution in [2.75, 3.05) is 6.61 Å². The maximum Gasteiger partial charge on any atom is 0.256 e. The van der Waals surface area contributed by atoms with Crippen LogP contribution < -0.4 is 0 Å². The van der Waals surface area contributed by atoms with E-state index in [-0.39, 0.29) is 18.2 Å². The lowest BCUT2D eigenvalue weighted by molar-refractivity contribution is 0.0352. The van der Waals surface area contributed by atoms with Gasteiger partial charge in [-0.15, -0.1) is 0 Å². The van der Waals surface area contributed by atoms with Crippen LogP contribution in [-0.4, -0.2) is 23.5 Å². The highest BCUT2D eigenvalue weighted by Gasteiger charge is 2.45. The third-order valence-electron chi connectivity index (χ3n) is 3.26. The fourth-order valence-corrected chi connectivity index (χ4v) is 2.43. The van der Waals surface area contributed by atoms with E-state index in [1.807, 2.05) is 29.2 Å². The Labute approximate surface area is 88.6 Å². The van der Waals surface area contributed by atoms with Crippen LogP contribution in [0.4, 0.5) is 0 Å². The van der Waals surface area contributed by atoms with E-state index in [9.17, 15) is 4.79 Å². The van der Waals surface area contributed by atoms with Crippen LogP contribution in [-0.2, 0) is 4.74 Å². The Morgan fingerprint density at radius 1 is 1.47 bits per heavy atom. The standard InChI is InChI=1S/C12H13NO2/c1-2-8-7-15-12-10-6-4-3-5-9(10)11(14)13(8)12/h3-6,8,12H,2,7H2,1H3/t8-,12+/m0/s1. The molecule has 1 aromatic rings. The summed E-state index contributed by atoms with van der Waals surface area (Å²) in [5.74, 6) is 0.125. The molecule has 3 heteroatoms. The third-order valence-corrected chi connectivity index (χ3v) is 3.26. The number of amides is 1. The van der Waals surface area contributed by atoms with Gasteiger partial charge in [-0.25, -0.2) is 0 Å². The van der Waals surface area contributed by atoms with Crippen molar-refractivity contribution in [3.05, 3.63) is 35.4 Å². The first-order chi connectivity index (χ1) is 7.33. The lowest BCUT2D eigenvalue weighted by atomic mass is 10.1. The molecule has 0 spiro atoms. The molecule has 0 radical (unpaired) electrons. The highest BCUT2D eigenvalue weighted by Crippen LogP contribution is 2.40. The van der Waals surface area contributed by atoms with E-state index in [0.29, 0.717) is 6.61 Å². The van der Waals surface area contributed by atoms with Crippen LogP contribution in [0.5, 0.6) is 0 Å². The Bertz CT molecular complexity index is 416. The van der Waals surface area contributed by atoms with Gasteiger partial charge in [0, 0.05) is 11.1 Å². The summed E-state index contributed by atoms with van der Waals surface area (Å²) in [6.07, 6.45) is 0.828. The summed E-state index contributed by atoms with van der Waals surface area (Å²) in [6.45, 7) is 2.76. The third kappa shape index (κ3) is 1.07. The molecule has 2 aliphatic heterocycles. The number of carbonyl (C=O) groups excluding carboxylic acids is 1. The number of benzene rings is 1. The Morgan fingerprint density at radius 2 is 2.27 bits per heavy atom. The van der Waals surface area contributed by atoms with Crippen molar-refractivity contribution >= 4 is 5.91 Å². The molecule has 0 unspecified atom stereocenters. The van der Waals surface area contributed by atoms with E-state index in [0.717, 1.165) is 17.5 Å². The van der Waals surface area contributed by atoms with Crippen molar-refractivity contribution in [3.63, 3.8) is 0 Å². The number of nitrogens with zero attached hydrogens (tertiary/aromatic N) is 1. The number of fused-ring (bicyclic) bond motifs is 3. The Balaban J connectivity index is 2.07. The number of rotatable bonds is 1. The SMILES string of the molecule is CC[C@H]1CO[C@@H]2c3ccccc3C(=O)N12. The lowest BCUT2D eigenvalue weighted by Crippen LogP contribution is -2.32. The molecule has 2 aliphatic rings. The molecular formula is C12H13NO2. The molecule has 2 heterocycles. The highest BCUT2D eigenvalue weighted by atomic mass is 16.5. The van der Waals surface area contributed by atoms with Crippen molar-refractivity contribution in [3.8, 4) is 0 Å². The largest absolute Gasteiger partial charge is 0.352 e. The monoisotopic (exact) mass is 203 g/mol. The molecule has 1 fully saturated rings. The van der Waals surface area contributed by atoms with Crippen molar-refractivity contribution in [2.24, 2.45) is 0 Å². The van der Waals surface area contributed by atoms with E-state index in [4.69, 9.17) is 4.74 Å². The molecule has 0 bridgehead atoms. The molecule has 3 nitrogen and oxygen atoms in total. The van der Waals surface area contributed by atoms with Crippen LogP contribution in [0.15, 0.2) is 24.3 Å². The molecule has 1 aromatic carbocycles. The highest BCUT2D eigenvalue weighted by molar-refractivity contribution is 5.99. The van der Waals surface area contributed by atoms with Crippen molar-refractivity contribution in [1.29, 1.82) is 0 Å². The summed E-state index contributed by atoms with van der Waals surface area (Å²) in [5, 5.41) is 0. The van der Waals surface area contributed by atoms with E-state index in [2.05, 4.69) is 6.92 Å². The Kier molecular flexibility index (Phi) is 1.83. The summed E-state index contributed by atoms with van der Waals surface area (Å²) in [4.78, 5) is 14.0. The van der Waals surface area contributed by atoms with Gasteiger partial charge >= 0.3 is 0 Å². The molecule has 0 aliphatic carbocycles. The topological polar surface area (TPSA) is 29.5 Å². The van der Waals surface area contributed by atoms with Gasteiger partial charge in [0.05, 0.1) is 12.6 Å². The summed E-state index contributed by atoms with van der Waals surface area (Å²) in [7, 11) is 0. The van der Waals surface area contributed by atoms with Crippen molar-refractivity contribution < 1.29 is 9.53 Å². The normalized spacial score (nSPS) is 28.1. The fourth-order valence-electron chi connectivity index (χ4n) is 2.43. The van der Waals surface area contributed by atoms with E-state index < -0.39 is 0 Å². The van der Waals surface area contributed by atoms with Crippen LogP contribution in [0, 0.1) is 0 Å². The van der Waals surface area contributed by atoms with Crippen LogP contribution in [0.3, 0.4) is 0 Å². The predicted octanol–water partition coefficient (Wildman–Crippen LogP) is 1.95. The molecule has 1 amide bonds. The van der Waals surface area contributed by atoms with Gasteiger partial charge in [-0.1, -0.05) is 25.1 Å². The van der Waals surface area contributed by atoms with E-state index in [1.54, 1.807) is 0 Å². The maximum absolute atomic E-state index is 12.1. The van der Waals surface area contributed by atoms with Crippen molar-refractivity contribution in [1.82, 2.24) is 4.90 Å². The smallest absolute Gasteiger partial charge is 0.256 e. The zero-order valence-corrected chi connectivity index (χ0v) is 8.64. The fraction of sp³-hybridized carbons (Fsp3) is 0.417. The van der Waals surface area contributed by atoms with Gasteiger partial charge in [0.25, 0.3) is 5.91 Å². The molecule has 78 valence electrons. The lowest BCUT2D eigenvalue weighted by Gasteiger charge is -2.20. The summed E-state index contributed by atoms with van der Waals surface area (Å²) < 4.78 is 5.68. The molecule has 0 N–H and O–H groups in total. The van der Waals surface area contributed by atoms with Crippen LogP contribution in [0.2, 0.25) is 0 Å². The molecule has 2 atom stereocenters. The molecule has 0 aromatic heterocycles. The summed E-state index contributed by atoms with van der Waals surface area (Å²) >= 11 is 0.